The molecular weight excluding hydrogens is 266 g/mol. The topological polar surface area (TPSA) is 58.4 Å². The molecule has 3 rings (SSSR count). The molecule has 0 aliphatic carbocycles. The van der Waals surface area contributed by atoms with Gasteiger partial charge in [-0.1, -0.05) is 0 Å². The van der Waals surface area contributed by atoms with E-state index in [-0.39, 0.29) is 10.6 Å². The van der Waals surface area contributed by atoms with Crippen LogP contribution in [0.4, 0.5) is 11.4 Å². The molecular formula is C16H23N3O2. The number of aryl methyl sites for hydroxylation is 2. The first-order valence-electron chi connectivity index (χ1n) is 7.81. The molecule has 1 N–H and O–H groups in total. The van der Waals surface area contributed by atoms with Gasteiger partial charge < -0.3 is 10.2 Å². The van der Waals surface area contributed by atoms with Gasteiger partial charge in [0.05, 0.1) is 4.92 Å². The number of hydrogen-bond acceptors (Lipinski definition) is 4. The second-order valence-electron chi connectivity index (χ2n) is 6.41. The van der Waals surface area contributed by atoms with Crippen LogP contribution < -0.4 is 5.32 Å². The van der Waals surface area contributed by atoms with Crippen LogP contribution in [0.2, 0.25) is 0 Å². The molecule has 2 heterocycles. The first-order chi connectivity index (χ1) is 10.0. The Kier molecular flexibility index (Phi) is 3.85. The summed E-state index contributed by atoms with van der Waals surface area (Å²) in [5, 5.41) is 14.6. The number of fused-ring (bicyclic) bond motifs is 1. The van der Waals surface area contributed by atoms with E-state index in [1.165, 1.54) is 32.4 Å². The van der Waals surface area contributed by atoms with Crippen LogP contribution in [0.1, 0.15) is 36.8 Å². The summed E-state index contributed by atoms with van der Waals surface area (Å²) in [6, 6.07) is 4.83. The largest absolute Gasteiger partial charge is 0.382 e. The number of benzene rings is 1. The molecule has 1 aromatic carbocycles. The van der Waals surface area contributed by atoms with Gasteiger partial charge in [0.25, 0.3) is 5.69 Å². The second kappa shape index (κ2) is 5.64. The van der Waals surface area contributed by atoms with E-state index in [0.717, 1.165) is 29.3 Å². The SMILES string of the molecule is Cc1cc([N+](=O)[O-])c(C)cc1NC1CCN2CCCC2C1. The molecule has 2 fully saturated rings. The zero-order valence-corrected chi connectivity index (χ0v) is 12.8. The molecule has 0 bridgehead atoms. The lowest BCUT2D eigenvalue weighted by Crippen LogP contribution is -2.42. The highest BCUT2D eigenvalue weighted by Crippen LogP contribution is 2.31. The summed E-state index contributed by atoms with van der Waals surface area (Å²) in [5.74, 6) is 0. The summed E-state index contributed by atoms with van der Waals surface area (Å²) in [4.78, 5) is 13.3. The Morgan fingerprint density at radius 1 is 1.24 bits per heavy atom. The molecule has 2 aliphatic heterocycles. The molecule has 21 heavy (non-hydrogen) atoms. The zero-order chi connectivity index (χ0) is 15.0. The number of piperidine rings is 1. The van der Waals surface area contributed by atoms with Gasteiger partial charge in [0, 0.05) is 35.9 Å². The van der Waals surface area contributed by atoms with Crippen LogP contribution in [0.3, 0.4) is 0 Å². The minimum Gasteiger partial charge on any atom is -0.382 e. The molecule has 1 aromatic rings. The summed E-state index contributed by atoms with van der Waals surface area (Å²) in [7, 11) is 0. The highest BCUT2D eigenvalue weighted by Gasteiger charge is 2.31. The van der Waals surface area contributed by atoms with Gasteiger partial charge in [0.2, 0.25) is 0 Å². The third-order valence-corrected chi connectivity index (χ3v) is 4.92. The summed E-state index contributed by atoms with van der Waals surface area (Å²) in [6.45, 7) is 6.18. The van der Waals surface area contributed by atoms with Crippen LogP contribution in [0.5, 0.6) is 0 Å². The minimum atomic E-state index is -0.302. The molecule has 2 saturated heterocycles. The van der Waals surface area contributed by atoms with E-state index in [1.807, 2.05) is 19.9 Å². The maximum atomic E-state index is 11.0. The molecule has 2 atom stereocenters. The fourth-order valence-corrected chi connectivity index (χ4v) is 3.73. The van der Waals surface area contributed by atoms with Gasteiger partial charge in [-0.2, -0.15) is 0 Å². The van der Waals surface area contributed by atoms with Crippen molar-refractivity contribution in [2.45, 2.75) is 51.6 Å². The second-order valence-corrected chi connectivity index (χ2v) is 6.41. The maximum absolute atomic E-state index is 11.0. The Balaban J connectivity index is 1.73. The monoisotopic (exact) mass is 289 g/mol. The molecule has 0 aromatic heterocycles. The average molecular weight is 289 g/mol. The molecule has 2 aliphatic rings. The molecule has 0 spiro atoms. The van der Waals surface area contributed by atoms with Gasteiger partial charge in [-0.05, 0) is 57.7 Å². The van der Waals surface area contributed by atoms with Crippen LogP contribution in [0, 0.1) is 24.0 Å². The normalized spacial score (nSPS) is 25.6. The van der Waals surface area contributed by atoms with Crippen molar-refractivity contribution in [2.75, 3.05) is 18.4 Å². The number of anilines is 1. The van der Waals surface area contributed by atoms with Crippen LogP contribution in [0.25, 0.3) is 0 Å². The average Bonchev–Trinajstić information content (AvgIpc) is 2.89. The van der Waals surface area contributed by atoms with Crippen LogP contribution in [0.15, 0.2) is 12.1 Å². The van der Waals surface area contributed by atoms with Crippen LogP contribution >= 0.6 is 0 Å². The number of nitro groups is 1. The first kappa shape index (κ1) is 14.3. The predicted octanol–water partition coefficient (Wildman–Crippen LogP) is 3.25. The van der Waals surface area contributed by atoms with Gasteiger partial charge in [-0.15, -0.1) is 0 Å². The van der Waals surface area contributed by atoms with Crippen molar-refractivity contribution in [3.05, 3.63) is 33.4 Å². The van der Waals surface area contributed by atoms with E-state index in [9.17, 15) is 10.1 Å². The Hall–Kier alpha value is -1.62. The molecule has 5 nitrogen and oxygen atoms in total. The number of nitro benzene ring substituents is 1. The Bertz CT molecular complexity index is 559. The van der Waals surface area contributed by atoms with Gasteiger partial charge >= 0.3 is 0 Å². The summed E-state index contributed by atoms with van der Waals surface area (Å²) < 4.78 is 0. The summed E-state index contributed by atoms with van der Waals surface area (Å²) >= 11 is 0. The predicted molar refractivity (Wildman–Crippen MR) is 83.8 cm³/mol. The lowest BCUT2D eigenvalue weighted by molar-refractivity contribution is -0.385. The van der Waals surface area contributed by atoms with E-state index in [1.54, 1.807) is 6.07 Å². The van der Waals surface area contributed by atoms with Gasteiger partial charge in [0.15, 0.2) is 0 Å². The van der Waals surface area contributed by atoms with E-state index >= 15 is 0 Å². The van der Waals surface area contributed by atoms with E-state index in [0.29, 0.717) is 6.04 Å². The highest BCUT2D eigenvalue weighted by molar-refractivity contribution is 5.59. The fourth-order valence-electron chi connectivity index (χ4n) is 3.73. The van der Waals surface area contributed by atoms with Crippen molar-refractivity contribution in [1.29, 1.82) is 0 Å². The lowest BCUT2D eigenvalue weighted by atomic mass is 9.96. The molecule has 114 valence electrons. The minimum absolute atomic E-state index is 0.212. The number of hydrogen-bond donors (Lipinski definition) is 1. The third kappa shape index (κ3) is 2.88. The van der Waals surface area contributed by atoms with Crippen molar-refractivity contribution in [2.24, 2.45) is 0 Å². The van der Waals surface area contributed by atoms with Crippen LogP contribution in [-0.4, -0.2) is 35.0 Å². The van der Waals surface area contributed by atoms with E-state index in [2.05, 4.69) is 10.2 Å². The molecule has 0 radical (unpaired) electrons. The standard InChI is InChI=1S/C16H23N3O2/c1-11-9-16(19(20)21)12(2)8-15(11)17-13-5-7-18-6-3-4-14(18)10-13/h8-9,13-14,17H,3-7,10H2,1-2H3. The fraction of sp³-hybridized carbons (Fsp3) is 0.625. The van der Waals surface area contributed by atoms with Crippen molar-refractivity contribution in [3.8, 4) is 0 Å². The Morgan fingerprint density at radius 3 is 2.81 bits per heavy atom. The smallest absolute Gasteiger partial charge is 0.272 e. The molecule has 0 saturated carbocycles. The van der Waals surface area contributed by atoms with Crippen molar-refractivity contribution >= 4 is 11.4 Å². The van der Waals surface area contributed by atoms with E-state index < -0.39 is 0 Å². The van der Waals surface area contributed by atoms with Crippen LogP contribution in [-0.2, 0) is 0 Å². The lowest BCUT2D eigenvalue weighted by Gasteiger charge is -2.35. The Morgan fingerprint density at radius 2 is 2.05 bits per heavy atom. The zero-order valence-electron chi connectivity index (χ0n) is 12.8. The number of nitrogens with zero attached hydrogens (tertiary/aromatic N) is 2. The third-order valence-electron chi connectivity index (χ3n) is 4.92. The molecule has 0 amide bonds. The molecule has 5 heteroatoms. The Labute approximate surface area is 125 Å². The van der Waals surface area contributed by atoms with E-state index in [4.69, 9.17) is 0 Å². The van der Waals surface area contributed by atoms with Crippen molar-refractivity contribution < 1.29 is 4.92 Å². The maximum Gasteiger partial charge on any atom is 0.272 e. The first-order valence-corrected chi connectivity index (χ1v) is 7.81. The summed E-state index contributed by atoms with van der Waals surface area (Å²) in [6.07, 6.45) is 4.99. The summed E-state index contributed by atoms with van der Waals surface area (Å²) in [5.41, 5.74) is 2.95. The van der Waals surface area contributed by atoms with Crippen molar-refractivity contribution in [1.82, 2.24) is 4.90 Å². The van der Waals surface area contributed by atoms with Gasteiger partial charge in [0.1, 0.15) is 0 Å². The number of nitrogens with one attached hydrogen (secondary N) is 1. The van der Waals surface area contributed by atoms with Gasteiger partial charge in [-0.3, -0.25) is 10.1 Å². The quantitative estimate of drug-likeness (QED) is 0.685. The number of rotatable bonds is 3. The highest BCUT2D eigenvalue weighted by atomic mass is 16.6. The van der Waals surface area contributed by atoms with Gasteiger partial charge in [-0.25, -0.2) is 0 Å². The van der Waals surface area contributed by atoms with Crippen molar-refractivity contribution in [3.63, 3.8) is 0 Å². The molecule has 2 unspecified atom stereocenters.